The normalized spacial score (nSPS) is 10.6. The van der Waals surface area contributed by atoms with E-state index in [0.29, 0.717) is 43.8 Å². The van der Waals surface area contributed by atoms with E-state index in [-0.39, 0.29) is 12.3 Å². The lowest BCUT2D eigenvalue weighted by Gasteiger charge is -2.08. The second kappa shape index (κ2) is 11.6. The second-order valence-corrected chi connectivity index (χ2v) is 7.52. The Morgan fingerprint density at radius 1 is 1.00 bits per heavy atom. The predicted octanol–water partition coefficient (Wildman–Crippen LogP) is 4.36. The molecule has 0 spiro atoms. The standard InChI is InChI=1S/C26H26N4O4/c1-2-32-22-10-8-21(9-11-22)26-29-24(34-30-26)13-12-23(31)28-17-20-14-15-27-25(16-20)33-18-19-6-4-3-5-7-19/h3-11,14-16H,2,12-13,17-18H2,1H3,(H,28,31). The molecule has 174 valence electrons. The van der Waals surface area contributed by atoms with Gasteiger partial charge in [-0.1, -0.05) is 35.5 Å². The lowest BCUT2D eigenvalue weighted by atomic mass is 10.2. The van der Waals surface area contributed by atoms with Crippen LogP contribution in [0.2, 0.25) is 0 Å². The van der Waals surface area contributed by atoms with Crippen LogP contribution in [0.4, 0.5) is 0 Å². The van der Waals surface area contributed by atoms with Gasteiger partial charge in [-0.05, 0) is 48.4 Å². The summed E-state index contributed by atoms with van der Waals surface area (Å²) in [5, 5.41) is 6.90. The van der Waals surface area contributed by atoms with Gasteiger partial charge in [-0.15, -0.1) is 0 Å². The highest BCUT2D eigenvalue weighted by Gasteiger charge is 2.11. The number of pyridine rings is 1. The van der Waals surface area contributed by atoms with E-state index in [1.165, 1.54) is 0 Å². The first-order chi connectivity index (χ1) is 16.7. The Morgan fingerprint density at radius 2 is 1.82 bits per heavy atom. The number of benzene rings is 2. The van der Waals surface area contributed by atoms with Gasteiger partial charge >= 0.3 is 0 Å². The summed E-state index contributed by atoms with van der Waals surface area (Å²) in [5.74, 6) is 2.10. The molecule has 2 aromatic heterocycles. The molecular weight excluding hydrogens is 432 g/mol. The number of nitrogens with one attached hydrogen (secondary N) is 1. The number of nitrogens with zero attached hydrogens (tertiary/aromatic N) is 3. The van der Waals surface area contributed by atoms with Crippen molar-refractivity contribution in [3.63, 3.8) is 0 Å². The summed E-state index contributed by atoms with van der Waals surface area (Å²) in [6, 6.07) is 21.0. The third-order valence-corrected chi connectivity index (χ3v) is 4.98. The number of aryl methyl sites for hydroxylation is 1. The molecule has 8 heteroatoms. The molecule has 0 aliphatic carbocycles. The molecule has 4 aromatic rings. The monoisotopic (exact) mass is 458 g/mol. The number of carbonyl (C=O) groups is 1. The summed E-state index contributed by atoms with van der Waals surface area (Å²) in [6.45, 7) is 3.36. The van der Waals surface area contributed by atoms with Gasteiger partial charge in [0.25, 0.3) is 0 Å². The highest BCUT2D eigenvalue weighted by Crippen LogP contribution is 2.20. The predicted molar refractivity (Wildman–Crippen MR) is 126 cm³/mol. The first-order valence-electron chi connectivity index (χ1n) is 11.1. The van der Waals surface area contributed by atoms with Crippen molar-refractivity contribution in [3.8, 4) is 23.0 Å². The third-order valence-electron chi connectivity index (χ3n) is 4.98. The topological polar surface area (TPSA) is 99.4 Å². The zero-order valence-electron chi connectivity index (χ0n) is 18.9. The molecule has 8 nitrogen and oxygen atoms in total. The maximum atomic E-state index is 12.3. The molecule has 4 rings (SSSR count). The molecule has 34 heavy (non-hydrogen) atoms. The quantitative estimate of drug-likeness (QED) is 0.356. The minimum atomic E-state index is -0.107. The average molecular weight is 459 g/mol. The molecule has 0 saturated heterocycles. The van der Waals surface area contributed by atoms with Gasteiger partial charge in [0.15, 0.2) is 0 Å². The van der Waals surface area contributed by atoms with E-state index in [4.69, 9.17) is 14.0 Å². The molecule has 0 aliphatic rings. The molecule has 0 unspecified atom stereocenters. The van der Waals surface area contributed by atoms with Gasteiger partial charge in [-0.3, -0.25) is 4.79 Å². The minimum absolute atomic E-state index is 0.107. The van der Waals surface area contributed by atoms with Crippen LogP contribution >= 0.6 is 0 Å². The summed E-state index contributed by atoms with van der Waals surface area (Å²) in [7, 11) is 0. The first kappa shape index (κ1) is 23.0. The van der Waals surface area contributed by atoms with E-state index < -0.39 is 0 Å². The van der Waals surface area contributed by atoms with Gasteiger partial charge in [-0.25, -0.2) is 4.98 Å². The van der Waals surface area contributed by atoms with Gasteiger partial charge in [-0.2, -0.15) is 4.98 Å². The molecule has 0 atom stereocenters. The Hall–Kier alpha value is -4.20. The van der Waals surface area contributed by atoms with Gasteiger partial charge in [0.1, 0.15) is 12.4 Å². The van der Waals surface area contributed by atoms with E-state index in [1.807, 2.05) is 73.7 Å². The van der Waals surface area contributed by atoms with Crippen LogP contribution in [0.15, 0.2) is 77.4 Å². The zero-order valence-corrected chi connectivity index (χ0v) is 18.9. The molecule has 2 heterocycles. The Morgan fingerprint density at radius 3 is 2.62 bits per heavy atom. The van der Waals surface area contributed by atoms with Crippen LogP contribution in [0.25, 0.3) is 11.4 Å². The third kappa shape index (κ3) is 6.65. The Balaban J connectivity index is 1.22. The SMILES string of the molecule is CCOc1ccc(-c2noc(CCC(=O)NCc3ccnc(OCc4ccccc4)c3)n2)cc1. The van der Waals surface area contributed by atoms with Crippen LogP contribution in [-0.4, -0.2) is 27.6 Å². The number of amides is 1. The Kier molecular flexibility index (Phi) is 7.84. The smallest absolute Gasteiger partial charge is 0.227 e. The first-order valence-corrected chi connectivity index (χ1v) is 11.1. The van der Waals surface area contributed by atoms with Crippen molar-refractivity contribution >= 4 is 5.91 Å². The van der Waals surface area contributed by atoms with Gasteiger partial charge in [0.05, 0.1) is 6.61 Å². The fraction of sp³-hybridized carbons (Fsp3) is 0.231. The Labute approximate surface area is 198 Å². The van der Waals surface area contributed by atoms with Crippen molar-refractivity contribution in [1.82, 2.24) is 20.4 Å². The van der Waals surface area contributed by atoms with E-state index in [1.54, 1.807) is 6.20 Å². The molecule has 0 radical (unpaired) electrons. The fourth-order valence-corrected chi connectivity index (χ4v) is 3.22. The van der Waals surface area contributed by atoms with Crippen LogP contribution < -0.4 is 14.8 Å². The van der Waals surface area contributed by atoms with Crippen LogP contribution in [0.5, 0.6) is 11.6 Å². The van der Waals surface area contributed by atoms with E-state index in [9.17, 15) is 4.79 Å². The molecule has 0 bridgehead atoms. The van der Waals surface area contributed by atoms with E-state index >= 15 is 0 Å². The Bertz CT molecular complexity index is 1190. The second-order valence-electron chi connectivity index (χ2n) is 7.52. The van der Waals surface area contributed by atoms with Crippen LogP contribution in [0.1, 0.15) is 30.4 Å². The minimum Gasteiger partial charge on any atom is -0.494 e. The van der Waals surface area contributed by atoms with Gasteiger partial charge in [0.2, 0.25) is 23.5 Å². The number of hydrogen-bond donors (Lipinski definition) is 1. The number of aromatic nitrogens is 3. The van der Waals surface area contributed by atoms with Crippen molar-refractivity contribution in [2.75, 3.05) is 6.61 Å². The maximum Gasteiger partial charge on any atom is 0.227 e. The maximum absolute atomic E-state index is 12.3. The summed E-state index contributed by atoms with van der Waals surface area (Å²) in [4.78, 5) is 20.9. The molecule has 1 amide bonds. The summed E-state index contributed by atoms with van der Waals surface area (Å²) in [5.41, 5.74) is 2.79. The van der Waals surface area contributed by atoms with Crippen molar-refractivity contribution in [3.05, 3.63) is 89.9 Å². The summed E-state index contributed by atoms with van der Waals surface area (Å²) < 4.78 is 16.5. The molecule has 0 fully saturated rings. The number of ether oxygens (including phenoxy) is 2. The van der Waals surface area contributed by atoms with Crippen LogP contribution in [0, 0.1) is 0 Å². The molecule has 0 aliphatic heterocycles. The lowest BCUT2D eigenvalue weighted by Crippen LogP contribution is -2.23. The molecule has 2 aromatic carbocycles. The summed E-state index contributed by atoms with van der Waals surface area (Å²) >= 11 is 0. The number of hydrogen-bond acceptors (Lipinski definition) is 7. The van der Waals surface area contributed by atoms with Gasteiger partial charge in [0, 0.05) is 37.2 Å². The van der Waals surface area contributed by atoms with Crippen molar-refractivity contribution in [2.24, 2.45) is 0 Å². The lowest BCUT2D eigenvalue weighted by molar-refractivity contribution is -0.121. The molecule has 1 N–H and O–H groups in total. The zero-order chi connectivity index (χ0) is 23.6. The fourth-order valence-electron chi connectivity index (χ4n) is 3.22. The van der Waals surface area contributed by atoms with Crippen molar-refractivity contribution < 1.29 is 18.8 Å². The van der Waals surface area contributed by atoms with E-state index in [0.717, 1.165) is 22.4 Å². The highest BCUT2D eigenvalue weighted by molar-refractivity contribution is 5.76. The molecular formula is C26H26N4O4. The molecule has 0 saturated carbocycles. The van der Waals surface area contributed by atoms with E-state index in [2.05, 4.69) is 20.4 Å². The van der Waals surface area contributed by atoms with Crippen LogP contribution in [-0.2, 0) is 24.4 Å². The van der Waals surface area contributed by atoms with Crippen molar-refractivity contribution in [2.45, 2.75) is 32.9 Å². The number of carbonyl (C=O) groups excluding carboxylic acids is 1. The highest BCUT2D eigenvalue weighted by atomic mass is 16.5. The average Bonchev–Trinajstić information content (AvgIpc) is 3.36. The van der Waals surface area contributed by atoms with Crippen LogP contribution in [0.3, 0.4) is 0 Å². The largest absolute Gasteiger partial charge is 0.494 e. The number of rotatable bonds is 11. The van der Waals surface area contributed by atoms with Crippen molar-refractivity contribution in [1.29, 1.82) is 0 Å². The van der Waals surface area contributed by atoms with Gasteiger partial charge < -0.3 is 19.3 Å². The summed E-state index contributed by atoms with van der Waals surface area (Å²) in [6.07, 6.45) is 2.27.